The molecule has 0 N–H and O–H groups in total. The Morgan fingerprint density at radius 3 is 2.77 bits per heavy atom. The molecule has 0 bridgehead atoms. The summed E-state index contributed by atoms with van der Waals surface area (Å²) in [7, 11) is 1.60. The molecule has 1 heterocycles. The fraction of sp³-hybridized carbons (Fsp3) is 0.333. The number of esters is 1. The molecule has 2 rings (SSSR count). The van der Waals surface area contributed by atoms with E-state index < -0.39 is 5.97 Å². The number of nitrogens with zero attached hydrogens (tertiary/aromatic N) is 2. The van der Waals surface area contributed by atoms with Gasteiger partial charge in [-0.1, -0.05) is 29.3 Å². The maximum atomic E-state index is 11.6. The van der Waals surface area contributed by atoms with E-state index in [0.29, 0.717) is 48.0 Å². The van der Waals surface area contributed by atoms with Crippen molar-refractivity contribution in [3.05, 3.63) is 51.6 Å². The monoisotopic (exact) mass is 398 g/mol. The van der Waals surface area contributed by atoms with Crippen molar-refractivity contribution in [1.29, 1.82) is 0 Å². The van der Waals surface area contributed by atoms with E-state index in [4.69, 9.17) is 37.4 Å². The Hall–Kier alpha value is -2.02. The molecule has 140 valence electrons. The maximum absolute atomic E-state index is 11.6. The highest BCUT2D eigenvalue weighted by atomic mass is 35.5. The minimum Gasteiger partial charge on any atom is -0.474 e. The molecule has 1 aromatic carbocycles. The average Bonchev–Trinajstić information content (AvgIpc) is 2.98. The van der Waals surface area contributed by atoms with Crippen molar-refractivity contribution < 1.29 is 19.0 Å². The number of ether oxygens (including phenoxy) is 3. The summed E-state index contributed by atoms with van der Waals surface area (Å²) in [5.74, 6) is 0.00210. The van der Waals surface area contributed by atoms with E-state index in [1.807, 2.05) is 6.07 Å². The Bertz CT molecular complexity index is 775. The van der Waals surface area contributed by atoms with Gasteiger partial charge in [-0.05, 0) is 30.7 Å². The van der Waals surface area contributed by atoms with Gasteiger partial charge in [-0.25, -0.2) is 4.79 Å². The van der Waals surface area contributed by atoms with E-state index in [0.717, 1.165) is 5.56 Å². The van der Waals surface area contributed by atoms with Gasteiger partial charge in [0.25, 0.3) is 0 Å². The van der Waals surface area contributed by atoms with Crippen LogP contribution in [0.25, 0.3) is 6.08 Å². The second-order valence-corrected chi connectivity index (χ2v) is 6.07. The summed E-state index contributed by atoms with van der Waals surface area (Å²) >= 11 is 12.2. The normalized spacial score (nSPS) is 11.1. The van der Waals surface area contributed by atoms with Gasteiger partial charge < -0.3 is 14.2 Å². The molecule has 0 unspecified atom stereocenters. The molecule has 0 aliphatic carbocycles. The lowest BCUT2D eigenvalue weighted by Gasteiger charge is -2.07. The summed E-state index contributed by atoms with van der Waals surface area (Å²) in [6.45, 7) is 3.28. The summed E-state index contributed by atoms with van der Waals surface area (Å²) in [5, 5.41) is 5.51. The first-order chi connectivity index (χ1) is 12.5. The Morgan fingerprint density at radius 1 is 1.27 bits per heavy atom. The third-order valence-electron chi connectivity index (χ3n) is 3.34. The van der Waals surface area contributed by atoms with Gasteiger partial charge in [-0.15, -0.1) is 5.10 Å². The van der Waals surface area contributed by atoms with Crippen molar-refractivity contribution in [3.8, 4) is 5.88 Å². The second-order valence-electron chi connectivity index (χ2n) is 5.23. The average molecular weight is 399 g/mol. The largest absolute Gasteiger partial charge is 0.474 e. The number of hydrogen-bond donors (Lipinski definition) is 0. The number of methoxy groups -OCH3 is 1. The van der Waals surface area contributed by atoms with Gasteiger partial charge in [0.05, 0.1) is 25.5 Å². The Morgan fingerprint density at radius 2 is 2.08 bits per heavy atom. The Labute approximate surface area is 162 Å². The lowest BCUT2D eigenvalue weighted by molar-refractivity contribution is -0.137. The fourth-order valence-electron chi connectivity index (χ4n) is 2.12. The SMILES string of the molecule is CCOC(=O)/C=C/c1cc(OCCOC)nn1Cc1ccc(Cl)cc1Cl. The highest BCUT2D eigenvalue weighted by Gasteiger charge is 2.10. The first kappa shape index (κ1) is 20.3. The predicted octanol–water partition coefficient (Wildman–Crippen LogP) is 3.84. The molecule has 0 saturated carbocycles. The molecular weight excluding hydrogens is 379 g/mol. The van der Waals surface area contributed by atoms with Crippen LogP contribution in [0.15, 0.2) is 30.3 Å². The number of rotatable bonds is 9. The summed E-state index contributed by atoms with van der Waals surface area (Å²) in [6.07, 6.45) is 2.97. The number of aromatic nitrogens is 2. The summed E-state index contributed by atoms with van der Waals surface area (Å²) in [5.41, 5.74) is 1.52. The zero-order valence-corrected chi connectivity index (χ0v) is 16.1. The van der Waals surface area contributed by atoms with Gasteiger partial charge in [-0.3, -0.25) is 4.68 Å². The molecule has 0 aliphatic rings. The van der Waals surface area contributed by atoms with Crippen LogP contribution in [0.4, 0.5) is 0 Å². The standard InChI is InChI=1S/C18H20Cl2N2O4/c1-3-25-18(23)7-6-15-11-17(26-9-8-24-2)21-22(15)12-13-4-5-14(19)10-16(13)20/h4-7,10-11H,3,8-9,12H2,1-2H3/b7-6+. The van der Waals surface area contributed by atoms with Gasteiger partial charge in [0, 0.05) is 29.3 Å². The van der Waals surface area contributed by atoms with E-state index in [9.17, 15) is 4.79 Å². The molecule has 0 atom stereocenters. The van der Waals surface area contributed by atoms with E-state index in [1.54, 1.807) is 43.0 Å². The van der Waals surface area contributed by atoms with Crippen molar-refractivity contribution in [2.45, 2.75) is 13.5 Å². The first-order valence-electron chi connectivity index (χ1n) is 8.01. The van der Waals surface area contributed by atoms with Crippen LogP contribution in [0.3, 0.4) is 0 Å². The van der Waals surface area contributed by atoms with Crippen LogP contribution in [-0.4, -0.2) is 42.7 Å². The molecule has 8 heteroatoms. The third kappa shape index (κ3) is 6.05. The molecule has 0 aliphatic heterocycles. The lowest BCUT2D eigenvalue weighted by Crippen LogP contribution is -2.07. The number of hydrogen-bond acceptors (Lipinski definition) is 5. The van der Waals surface area contributed by atoms with Crippen LogP contribution in [0.5, 0.6) is 5.88 Å². The topological polar surface area (TPSA) is 62.6 Å². The van der Waals surface area contributed by atoms with E-state index in [1.165, 1.54) is 6.08 Å². The van der Waals surface area contributed by atoms with Gasteiger partial charge >= 0.3 is 5.97 Å². The Balaban J connectivity index is 2.24. The van der Waals surface area contributed by atoms with Gasteiger partial charge in [0.15, 0.2) is 0 Å². The van der Waals surface area contributed by atoms with E-state index >= 15 is 0 Å². The second kappa shape index (κ2) is 10.2. The molecule has 0 spiro atoms. The zero-order chi connectivity index (χ0) is 18.9. The van der Waals surface area contributed by atoms with Gasteiger partial charge in [-0.2, -0.15) is 0 Å². The first-order valence-corrected chi connectivity index (χ1v) is 8.77. The van der Waals surface area contributed by atoms with Crippen LogP contribution < -0.4 is 4.74 Å². The molecule has 0 saturated heterocycles. The van der Waals surface area contributed by atoms with Crippen LogP contribution in [-0.2, 0) is 20.8 Å². The number of carbonyl (C=O) groups is 1. The molecule has 0 amide bonds. The molecule has 2 aromatic rings. The van der Waals surface area contributed by atoms with Crippen molar-refractivity contribution in [2.75, 3.05) is 26.9 Å². The third-order valence-corrected chi connectivity index (χ3v) is 3.93. The fourth-order valence-corrected chi connectivity index (χ4v) is 2.59. The molecule has 1 aromatic heterocycles. The van der Waals surface area contributed by atoms with E-state index in [2.05, 4.69) is 5.10 Å². The van der Waals surface area contributed by atoms with Crippen LogP contribution in [0.2, 0.25) is 10.0 Å². The minimum absolute atomic E-state index is 0.314. The van der Waals surface area contributed by atoms with Crippen LogP contribution in [0.1, 0.15) is 18.2 Å². The molecule has 6 nitrogen and oxygen atoms in total. The van der Waals surface area contributed by atoms with Crippen molar-refractivity contribution >= 4 is 35.2 Å². The van der Waals surface area contributed by atoms with Crippen molar-refractivity contribution in [3.63, 3.8) is 0 Å². The summed E-state index contributed by atoms with van der Waals surface area (Å²) in [6, 6.07) is 6.99. The summed E-state index contributed by atoms with van der Waals surface area (Å²) in [4.78, 5) is 11.6. The van der Waals surface area contributed by atoms with Crippen molar-refractivity contribution in [2.24, 2.45) is 0 Å². The molecule has 0 fully saturated rings. The van der Waals surface area contributed by atoms with Crippen LogP contribution in [0, 0.1) is 0 Å². The zero-order valence-electron chi connectivity index (χ0n) is 14.6. The highest BCUT2D eigenvalue weighted by Crippen LogP contribution is 2.23. The smallest absolute Gasteiger partial charge is 0.330 e. The lowest BCUT2D eigenvalue weighted by atomic mass is 10.2. The minimum atomic E-state index is -0.424. The highest BCUT2D eigenvalue weighted by molar-refractivity contribution is 6.35. The van der Waals surface area contributed by atoms with E-state index in [-0.39, 0.29) is 0 Å². The van der Waals surface area contributed by atoms with Gasteiger partial charge in [0.1, 0.15) is 6.61 Å². The quantitative estimate of drug-likeness (QED) is 0.364. The molecular formula is C18H20Cl2N2O4. The molecule has 0 radical (unpaired) electrons. The van der Waals surface area contributed by atoms with Crippen molar-refractivity contribution in [1.82, 2.24) is 9.78 Å². The predicted molar refractivity (Wildman–Crippen MR) is 101 cm³/mol. The maximum Gasteiger partial charge on any atom is 0.330 e. The Kier molecular flexibility index (Phi) is 7.97. The number of benzene rings is 1. The van der Waals surface area contributed by atoms with Crippen LogP contribution >= 0.6 is 23.2 Å². The number of carbonyl (C=O) groups excluding carboxylic acids is 1. The summed E-state index contributed by atoms with van der Waals surface area (Å²) < 4.78 is 17.1. The van der Waals surface area contributed by atoms with Gasteiger partial charge in [0.2, 0.25) is 5.88 Å². The number of halogens is 2. The molecule has 26 heavy (non-hydrogen) atoms.